The molecule has 2 atom stereocenters. The maximum absolute atomic E-state index is 12.5. The first-order chi connectivity index (χ1) is 11.2. The number of hydrogen-bond donors (Lipinski definition) is 1. The van der Waals surface area contributed by atoms with E-state index in [9.17, 15) is 9.90 Å². The van der Waals surface area contributed by atoms with Gasteiger partial charge in [-0.05, 0) is 24.0 Å². The van der Waals surface area contributed by atoms with Crippen LogP contribution in [0.1, 0.15) is 24.0 Å². The van der Waals surface area contributed by atoms with Crippen LogP contribution in [0.3, 0.4) is 0 Å². The van der Waals surface area contributed by atoms with E-state index in [4.69, 9.17) is 4.74 Å². The van der Waals surface area contributed by atoms with Gasteiger partial charge in [-0.2, -0.15) is 0 Å². The zero-order valence-electron chi connectivity index (χ0n) is 13.8. The quantitative estimate of drug-likeness (QED) is 0.881. The third kappa shape index (κ3) is 3.74. The van der Waals surface area contributed by atoms with Crippen LogP contribution < -0.4 is 0 Å². The number of carbonyl (C=O) groups excluding carboxylic acids is 1. The molecule has 5 nitrogen and oxygen atoms in total. The topological polar surface area (TPSA) is 53.0 Å². The van der Waals surface area contributed by atoms with Gasteiger partial charge < -0.3 is 14.7 Å². The summed E-state index contributed by atoms with van der Waals surface area (Å²) in [5, 5.41) is 9.48. The Labute approximate surface area is 137 Å². The number of fused-ring (bicyclic) bond motifs is 1. The summed E-state index contributed by atoms with van der Waals surface area (Å²) in [6.07, 6.45) is 2.47. The highest BCUT2D eigenvalue weighted by Gasteiger charge is 2.32. The SMILES string of the molecule is CO[C@@H]1C[C@@H](CO)N(CCC(=O)N2CCc3ccccc3C2)C1. The second-order valence-corrected chi connectivity index (χ2v) is 6.51. The van der Waals surface area contributed by atoms with Crippen LogP contribution in [-0.4, -0.2) is 66.3 Å². The normalized spacial score (nSPS) is 24.7. The fraction of sp³-hybridized carbons (Fsp3) is 0.611. The minimum Gasteiger partial charge on any atom is -0.395 e. The van der Waals surface area contributed by atoms with E-state index in [1.165, 1.54) is 11.1 Å². The maximum Gasteiger partial charge on any atom is 0.224 e. The number of rotatable bonds is 5. The number of aliphatic hydroxyl groups is 1. The molecule has 5 heteroatoms. The smallest absolute Gasteiger partial charge is 0.224 e. The van der Waals surface area contributed by atoms with Crippen LogP contribution in [0.15, 0.2) is 24.3 Å². The van der Waals surface area contributed by atoms with Crippen molar-refractivity contribution in [2.24, 2.45) is 0 Å². The van der Waals surface area contributed by atoms with Gasteiger partial charge in [-0.25, -0.2) is 0 Å². The summed E-state index contributed by atoms with van der Waals surface area (Å²) in [7, 11) is 1.71. The van der Waals surface area contributed by atoms with Crippen LogP contribution in [0.5, 0.6) is 0 Å². The molecule has 126 valence electrons. The van der Waals surface area contributed by atoms with Gasteiger partial charge in [-0.15, -0.1) is 0 Å². The number of aliphatic hydroxyl groups excluding tert-OH is 1. The van der Waals surface area contributed by atoms with Crippen molar-refractivity contribution in [3.8, 4) is 0 Å². The summed E-state index contributed by atoms with van der Waals surface area (Å²) in [5.74, 6) is 0.206. The van der Waals surface area contributed by atoms with Crippen molar-refractivity contribution in [2.45, 2.75) is 38.0 Å². The Kier molecular flexibility index (Phi) is 5.30. The minimum absolute atomic E-state index is 0.120. The van der Waals surface area contributed by atoms with E-state index in [-0.39, 0.29) is 24.7 Å². The molecule has 23 heavy (non-hydrogen) atoms. The second kappa shape index (κ2) is 7.43. The predicted octanol–water partition coefficient (Wildman–Crippen LogP) is 1.04. The summed E-state index contributed by atoms with van der Waals surface area (Å²) in [5.41, 5.74) is 2.63. The molecular formula is C18H26N2O3. The fourth-order valence-corrected chi connectivity index (χ4v) is 3.68. The van der Waals surface area contributed by atoms with Gasteiger partial charge in [0, 0.05) is 45.8 Å². The van der Waals surface area contributed by atoms with E-state index in [2.05, 4.69) is 23.1 Å². The van der Waals surface area contributed by atoms with E-state index >= 15 is 0 Å². The third-order valence-corrected chi connectivity index (χ3v) is 5.13. The molecule has 2 heterocycles. The van der Waals surface area contributed by atoms with E-state index in [1.54, 1.807) is 7.11 Å². The average Bonchev–Trinajstić information content (AvgIpc) is 3.01. The monoisotopic (exact) mass is 318 g/mol. The lowest BCUT2D eigenvalue weighted by molar-refractivity contribution is -0.132. The first-order valence-electron chi connectivity index (χ1n) is 8.43. The van der Waals surface area contributed by atoms with Gasteiger partial charge in [0.15, 0.2) is 0 Å². The van der Waals surface area contributed by atoms with Gasteiger partial charge >= 0.3 is 0 Å². The van der Waals surface area contributed by atoms with Gasteiger partial charge in [-0.3, -0.25) is 9.69 Å². The first-order valence-corrected chi connectivity index (χ1v) is 8.43. The summed E-state index contributed by atoms with van der Waals surface area (Å²) < 4.78 is 5.39. The Morgan fingerprint density at radius 1 is 1.35 bits per heavy atom. The Hall–Kier alpha value is -1.43. The highest BCUT2D eigenvalue weighted by Crippen LogP contribution is 2.22. The van der Waals surface area contributed by atoms with Gasteiger partial charge in [0.1, 0.15) is 0 Å². The van der Waals surface area contributed by atoms with E-state index in [1.807, 2.05) is 11.0 Å². The van der Waals surface area contributed by atoms with Crippen LogP contribution in [0.2, 0.25) is 0 Å². The number of nitrogens with zero attached hydrogens (tertiary/aromatic N) is 2. The van der Waals surface area contributed by atoms with Crippen LogP contribution >= 0.6 is 0 Å². The molecule has 0 spiro atoms. The molecule has 2 aliphatic rings. The standard InChI is InChI=1S/C18H26N2O3/c1-23-17-10-16(13-21)19(12-17)9-7-18(22)20-8-6-14-4-2-3-5-15(14)11-20/h2-5,16-17,21H,6-13H2,1H3/t16-,17+/m0/s1. The summed E-state index contributed by atoms with van der Waals surface area (Å²) in [6, 6.07) is 8.48. The average molecular weight is 318 g/mol. The summed E-state index contributed by atoms with van der Waals surface area (Å²) >= 11 is 0. The third-order valence-electron chi connectivity index (χ3n) is 5.13. The second-order valence-electron chi connectivity index (χ2n) is 6.51. The molecular weight excluding hydrogens is 292 g/mol. The molecule has 1 fully saturated rings. The number of amides is 1. The van der Waals surface area contributed by atoms with Gasteiger partial charge in [0.05, 0.1) is 12.7 Å². The highest BCUT2D eigenvalue weighted by atomic mass is 16.5. The Morgan fingerprint density at radius 3 is 2.87 bits per heavy atom. The Morgan fingerprint density at radius 2 is 2.13 bits per heavy atom. The van der Waals surface area contributed by atoms with Crippen molar-refractivity contribution >= 4 is 5.91 Å². The molecule has 3 rings (SSSR count). The molecule has 0 aliphatic carbocycles. The van der Waals surface area contributed by atoms with Crippen molar-refractivity contribution in [2.75, 3.05) is 33.4 Å². The van der Waals surface area contributed by atoms with Crippen LogP contribution in [-0.2, 0) is 22.5 Å². The number of carbonyl (C=O) groups is 1. The number of ether oxygens (including phenoxy) is 1. The molecule has 0 unspecified atom stereocenters. The van der Waals surface area contributed by atoms with Gasteiger partial charge in [0.2, 0.25) is 5.91 Å². The molecule has 0 aromatic heterocycles. The minimum atomic E-state index is 0.120. The highest BCUT2D eigenvalue weighted by molar-refractivity contribution is 5.76. The van der Waals surface area contributed by atoms with Crippen molar-refractivity contribution < 1.29 is 14.6 Å². The van der Waals surface area contributed by atoms with Crippen molar-refractivity contribution in [3.05, 3.63) is 35.4 Å². The molecule has 1 amide bonds. The number of methoxy groups -OCH3 is 1. The van der Waals surface area contributed by atoms with Crippen LogP contribution in [0.25, 0.3) is 0 Å². The molecule has 1 aromatic carbocycles. The van der Waals surface area contributed by atoms with E-state index < -0.39 is 0 Å². The van der Waals surface area contributed by atoms with Crippen LogP contribution in [0.4, 0.5) is 0 Å². The van der Waals surface area contributed by atoms with Crippen LogP contribution in [0, 0.1) is 0 Å². The van der Waals surface area contributed by atoms with E-state index in [0.717, 1.165) is 32.5 Å². The lowest BCUT2D eigenvalue weighted by Crippen LogP contribution is -2.39. The molecule has 2 aliphatic heterocycles. The van der Waals surface area contributed by atoms with E-state index in [0.29, 0.717) is 13.0 Å². The zero-order chi connectivity index (χ0) is 16.2. The fourth-order valence-electron chi connectivity index (χ4n) is 3.68. The molecule has 1 aromatic rings. The molecule has 0 saturated carbocycles. The van der Waals surface area contributed by atoms with Crippen molar-refractivity contribution in [1.29, 1.82) is 0 Å². The number of benzene rings is 1. The Bertz CT molecular complexity index is 549. The molecule has 1 N–H and O–H groups in total. The predicted molar refractivity (Wildman–Crippen MR) is 88.0 cm³/mol. The molecule has 0 radical (unpaired) electrons. The lowest BCUT2D eigenvalue weighted by Gasteiger charge is -2.30. The lowest BCUT2D eigenvalue weighted by atomic mass is 10.00. The number of hydrogen-bond acceptors (Lipinski definition) is 4. The molecule has 0 bridgehead atoms. The summed E-state index contributed by atoms with van der Waals surface area (Å²) in [6.45, 7) is 3.16. The van der Waals surface area contributed by atoms with Crippen molar-refractivity contribution in [1.82, 2.24) is 9.80 Å². The van der Waals surface area contributed by atoms with Crippen molar-refractivity contribution in [3.63, 3.8) is 0 Å². The largest absolute Gasteiger partial charge is 0.395 e. The van der Waals surface area contributed by atoms with Gasteiger partial charge in [0.25, 0.3) is 0 Å². The Balaban J connectivity index is 1.52. The zero-order valence-corrected chi connectivity index (χ0v) is 13.8. The summed E-state index contributed by atoms with van der Waals surface area (Å²) in [4.78, 5) is 16.7. The van der Waals surface area contributed by atoms with Gasteiger partial charge in [-0.1, -0.05) is 24.3 Å². The molecule has 1 saturated heterocycles. The maximum atomic E-state index is 12.5. The first kappa shape index (κ1) is 16.4. The number of likely N-dealkylation sites (tertiary alicyclic amines) is 1.